The van der Waals surface area contributed by atoms with Crippen LogP contribution in [0.15, 0.2) is 0 Å². The minimum absolute atomic E-state index is 0. The second kappa shape index (κ2) is 2.11. The molecule has 3 nitrogen and oxygen atoms in total. The summed E-state index contributed by atoms with van der Waals surface area (Å²) in [5.41, 5.74) is -0.328. The molecule has 1 aliphatic heterocycles. The van der Waals surface area contributed by atoms with E-state index in [1.54, 1.807) is 0 Å². The van der Waals surface area contributed by atoms with Crippen LogP contribution in [0, 0.1) is 10.8 Å². The molecular weight excluding hydrogens is 166 g/mol. The predicted molar refractivity (Wildman–Crippen MR) is 42.9 cm³/mol. The third-order valence-corrected chi connectivity index (χ3v) is 3.07. The summed E-state index contributed by atoms with van der Waals surface area (Å²) >= 11 is 0. The van der Waals surface area contributed by atoms with Gasteiger partial charge in [0.15, 0.2) is 0 Å². The van der Waals surface area contributed by atoms with Crippen LogP contribution in [0.4, 0.5) is 0 Å². The molecule has 0 unspecified atom stereocenters. The monoisotopic (exact) mass is 177 g/mol. The third kappa shape index (κ3) is 0.811. The summed E-state index contributed by atoms with van der Waals surface area (Å²) in [7, 11) is 0. The van der Waals surface area contributed by atoms with Crippen LogP contribution in [0.2, 0.25) is 0 Å². The SMILES string of the molecule is C[C@@]12CNC[C@]1(C(=O)O)C2.Cl. The molecule has 2 N–H and O–H groups in total. The second-order valence-corrected chi connectivity index (χ2v) is 3.73. The van der Waals surface area contributed by atoms with Gasteiger partial charge in [-0.2, -0.15) is 0 Å². The van der Waals surface area contributed by atoms with E-state index in [9.17, 15) is 4.79 Å². The molecule has 1 saturated heterocycles. The van der Waals surface area contributed by atoms with Gasteiger partial charge in [0.05, 0.1) is 5.41 Å². The van der Waals surface area contributed by atoms with Crippen molar-refractivity contribution >= 4 is 18.4 Å². The maximum Gasteiger partial charge on any atom is 0.311 e. The van der Waals surface area contributed by atoms with Crippen LogP contribution < -0.4 is 5.32 Å². The van der Waals surface area contributed by atoms with E-state index < -0.39 is 11.4 Å². The Labute approximate surface area is 71.6 Å². The van der Waals surface area contributed by atoms with Crippen LogP contribution in [0.1, 0.15) is 13.3 Å². The first kappa shape index (κ1) is 8.81. The summed E-state index contributed by atoms with van der Waals surface area (Å²) < 4.78 is 0. The van der Waals surface area contributed by atoms with Crippen LogP contribution in [0.3, 0.4) is 0 Å². The summed E-state index contributed by atoms with van der Waals surface area (Å²) in [5.74, 6) is -0.625. The lowest BCUT2D eigenvalue weighted by atomic mass is 9.99. The number of carboxylic acids is 1. The molecule has 1 heterocycles. The fourth-order valence-corrected chi connectivity index (χ4v) is 2.09. The van der Waals surface area contributed by atoms with Crippen molar-refractivity contribution in [3.63, 3.8) is 0 Å². The molecule has 64 valence electrons. The van der Waals surface area contributed by atoms with Crippen LogP contribution >= 0.6 is 12.4 Å². The smallest absolute Gasteiger partial charge is 0.311 e. The van der Waals surface area contributed by atoms with E-state index in [0.29, 0.717) is 6.54 Å². The number of carboxylic acid groups (broad SMARTS) is 1. The fourth-order valence-electron chi connectivity index (χ4n) is 2.09. The zero-order valence-electron chi connectivity index (χ0n) is 6.39. The Morgan fingerprint density at radius 1 is 1.55 bits per heavy atom. The Morgan fingerprint density at radius 2 is 2.18 bits per heavy atom. The van der Waals surface area contributed by atoms with Crippen molar-refractivity contribution in [1.82, 2.24) is 5.32 Å². The Kier molecular flexibility index (Phi) is 1.69. The number of hydrogen-bond acceptors (Lipinski definition) is 2. The Bertz CT molecular complexity index is 205. The van der Waals surface area contributed by atoms with Gasteiger partial charge in [-0.05, 0) is 11.8 Å². The lowest BCUT2D eigenvalue weighted by molar-refractivity contribution is -0.143. The van der Waals surface area contributed by atoms with Crippen molar-refractivity contribution in [3.8, 4) is 0 Å². The largest absolute Gasteiger partial charge is 0.481 e. The van der Waals surface area contributed by atoms with E-state index in [4.69, 9.17) is 5.11 Å². The first-order chi connectivity index (χ1) is 4.61. The molecule has 2 atom stereocenters. The first-order valence-corrected chi connectivity index (χ1v) is 3.55. The highest BCUT2D eigenvalue weighted by atomic mass is 35.5. The zero-order valence-corrected chi connectivity index (χ0v) is 7.20. The van der Waals surface area contributed by atoms with E-state index in [0.717, 1.165) is 13.0 Å². The van der Waals surface area contributed by atoms with Gasteiger partial charge in [0, 0.05) is 13.1 Å². The van der Waals surface area contributed by atoms with Crippen molar-refractivity contribution in [2.24, 2.45) is 10.8 Å². The molecule has 0 spiro atoms. The van der Waals surface area contributed by atoms with E-state index in [2.05, 4.69) is 5.32 Å². The summed E-state index contributed by atoms with van der Waals surface area (Å²) in [4.78, 5) is 10.7. The van der Waals surface area contributed by atoms with E-state index >= 15 is 0 Å². The number of aliphatic carboxylic acids is 1. The van der Waals surface area contributed by atoms with Gasteiger partial charge >= 0.3 is 5.97 Å². The molecule has 2 rings (SSSR count). The summed E-state index contributed by atoms with van der Waals surface area (Å²) in [6.45, 7) is 3.58. The number of fused-ring (bicyclic) bond motifs is 1. The number of carbonyl (C=O) groups is 1. The molecule has 1 aliphatic carbocycles. The standard InChI is InChI=1S/C7H11NO2.ClH/c1-6-2-7(6,5(9)10)4-8-3-6;/h8H,2-4H2,1H3,(H,9,10);1H/t6-,7+;/m1./s1. The highest BCUT2D eigenvalue weighted by Gasteiger charge is 2.71. The van der Waals surface area contributed by atoms with E-state index in [1.165, 1.54) is 0 Å². The Hall–Kier alpha value is -0.280. The number of hydrogen-bond donors (Lipinski definition) is 2. The summed E-state index contributed by atoms with van der Waals surface area (Å²) in [6, 6.07) is 0. The van der Waals surface area contributed by atoms with Gasteiger partial charge in [-0.3, -0.25) is 4.79 Å². The normalized spacial score (nSPS) is 45.9. The molecule has 2 fully saturated rings. The van der Waals surface area contributed by atoms with Gasteiger partial charge in [-0.1, -0.05) is 6.92 Å². The lowest BCUT2D eigenvalue weighted by Gasteiger charge is -2.05. The number of nitrogens with one attached hydrogen (secondary N) is 1. The van der Waals surface area contributed by atoms with Crippen LogP contribution in [-0.2, 0) is 4.79 Å². The number of piperidine rings is 1. The average molecular weight is 178 g/mol. The van der Waals surface area contributed by atoms with Crippen molar-refractivity contribution in [1.29, 1.82) is 0 Å². The maximum atomic E-state index is 10.7. The van der Waals surface area contributed by atoms with Crippen LogP contribution in [0.5, 0.6) is 0 Å². The van der Waals surface area contributed by atoms with Gasteiger partial charge in [0.25, 0.3) is 0 Å². The van der Waals surface area contributed by atoms with Crippen LogP contribution in [0.25, 0.3) is 0 Å². The van der Waals surface area contributed by atoms with Crippen molar-refractivity contribution in [2.45, 2.75) is 13.3 Å². The van der Waals surface area contributed by atoms with E-state index in [-0.39, 0.29) is 17.8 Å². The average Bonchev–Trinajstić information content (AvgIpc) is 2.29. The summed E-state index contributed by atoms with van der Waals surface area (Å²) in [5, 5.41) is 11.9. The second-order valence-electron chi connectivity index (χ2n) is 3.73. The molecule has 11 heavy (non-hydrogen) atoms. The number of rotatable bonds is 1. The molecule has 0 bridgehead atoms. The molecule has 0 amide bonds. The Balaban J connectivity index is 0.000000605. The third-order valence-electron chi connectivity index (χ3n) is 3.07. The lowest BCUT2D eigenvalue weighted by Crippen LogP contribution is -2.23. The van der Waals surface area contributed by atoms with Crippen molar-refractivity contribution in [3.05, 3.63) is 0 Å². The predicted octanol–water partition coefficient (Wildman–Crippen LogP) is 0.492. The Morgan fingerprint density at radius 3 is 2.36 bits per heavy atom. The van der Waals surface area contributed by atoms with Crippen molar-refractivity contribution in [2.75, 3.05) is 13.1 Å². The van der Waals surface area contributed by atoms with Gasteiger partial charge in [-0.15, -0.1) is 12.4 Å². The molecule has 0 aromatic carbocycles. The molecular formula is C7H12ClNO2. The number of halogens is 1. The van der Waals surface area contributed by atoms with Gasteiger partial charge < -0.3 is 10.4 Å². The highest BCUT2D eigenvalue weighted by Crippen LogP contribution is 2.65. The molecule has 2 aliphatic rings. The zero-order chi connectivity index (χ0) is 7.41. The summed E-state index contributed by atoms with van der Waals surface area (Å²) in [6.07, 6.45) is 0.863. The highest BCUT2D eigenvalue weighted by molar-refractivity contribution is 5.85. The molecule has 0 aromatic rings. The molecule has 0 radical (unpaired) electrons. The van der Waals surface area contributed by atoms with Gasteiger partial charge in [-0.25, -0.2) is 0 Å². The molecule has 0 aromatic heterocycles. The molecule has 1 saturated carbocycles. The maximum absolute atomic E-state index is 10.7. The quantitative estimate of drug-likeness (QED) is 0.613. The van der Waals surface area contributed by atoms with Crippen molar-refractivity contribution < 1.29 is 9.90 Å². The van der Waals surface area contributed by atoms with Crippen LogP contribution in [-0.4, -0.2) is 24.2 Å². The topological polar surface area (TPSA) is 49.3 Å². The molecule has 4 heteroatoms. The van der Waals surface area contributed by atoms with Gasteiger partial charge in [0.1, 0.15) is 0 Å². The minimum Gasteiger partial charge on any atom is -0.481 e. The van der Waals surface area contributed by atoms with Gasteiger partial charge in [0.2, 0.25) is 0 Å². The first-order valence-electron chi connectivity index (χ1n) is 3.55. The fraction of sp³-hybridized carbons (Fsp3) is 0.857. The minimum atomic E-state index is -0.625. The van der Waals surface area contributed by atoms with E-state index in [1.807, 2.05) is 6.92 Å².